The maximum absolute atomic E-state index is 13.5. The smallest absolute Gasteiger partial charge is 0.244 e. The van der Waals surface area contributed by atoms with Gasteiger partial charge in [-0.1, -0.05) is 55.8 Å². The van der Waals surface area contributed by atoms with E-state index in [1.165, 1.54) is 4.90 Å². The molecular formula is C24H32ClN3O4S. The Morgan fingerprint density at radius 1 is 1.06 bits per heavy atom. The van der Waals surface area contributed by atoms with E-state index < -0.39 is 28.5 Å². The van der Waals surface area contributed by atoms with Crippen molar-refractivity contribution in [1.29, 1.82) is 0 Å². The summed E-state index contributed by atoms with van der Waals surface area (Å²) in [6, 6.07) is 13.1. The van der Waals surface area contributed by atoms with Crippen LogP contribution in [0.3, 0.4) is 0 Å². The predicted molar refractivity (Wildman–Crippen MR) is 133 cm³/mol. The highest BCUT2D eigenvalue weighted by molar-refractivity contribution is 7.92. The minimum atomic E-state index is -3.75. The summed E-state index contributed by atoms with van der Waals surface area (Å²) in [5.74, 6) is -0.574. The van der Waals surface area contributed by atoms with Crippen molar-refractivity contribution in [3.8, 4) is 0 Å². The summed E-state index contributed by atoms with van der Waals surface area (Å²) in [5, 5.41) is 3.30. The molecule has 9 heteroatoms. The van der Waals surface area contributed by atoms with Gasteiger partial charge in [-0.25, -0.2) is 8.42 Å². The molecule has 0 heterocycles. The molecular weight excluding hydrogens is 462 g/mol. The molecule has 0 aliphatic carbocycles. The maximum Gasteiger partial charge on any atom is 0.244 e. The van der Waals surface area contributed by atoms with Gasteiger partial charge in [-0.3, -0.25) is 13.9 Å². The second-order valence-corrected chi connectivity index (χ2v) is 10.9. The average Bonchev–Trinajstić information content (AvgIpc) is 2.73. The SMILES string of the molecule is Cc1cccc(N(CC(=O)N(Cc2ccccc2Cl)[C@H](C)C(=O)NCC(C)C)S(C)(=O)=O)c1. The third-order valence-corrected chi connectivity index (χ3v) is 6.63. The lowest BCUT2D eigenvalue weighted by Gasteiger charge is -2.32. The molecule has 33 heavy (non-hydrogen) atoms. The van der Waals surface area contributed by atoms with Crippen LogP contribution in [-0.4, -0.2) is 50.5 Å². The van der Waals surface area contributed by atoms with Crippen LogP contribution in [0.2, 0.25) is 5.02 Å². The van der Waals surface area contributed by atoms with E-state index in [0.717, 1.165) is 16.1 Å². The van der Waals surface area contributed by atoms with Gasteiger partial charge in [0.1, 0.15) is 12.6 Å². The van der Waals surface area contributed by atoms with Crippen LogP contribution in [0.25, 0.3) is 0 Å². The van der Waals surface area contributed by atoms with Gasteiger partial charge in [0.15, 0.2) is 0 Å². The number of hydrogen-bond donors (Lipinski definition) is 1. The molecule has 0 saturated heterocycles. The third-order valence-electron chi connectivity index (χ3n) is 5.12. The van der Waals surface area contributed by atoms with Crippen LogP contribution in [0, 0.1) is 12.8 Å². The summed E-state index contributed by atoms with van der Waals surface area (Å²) in [6.07, 6.45) is 1.06. The van der Waals surface area contributed by atoms with Crippen molar-refractivity contribution in [2.75, 3.05) is 23.7 Å². The number of rotatable bonds is 10. The largest absolute Gasteiger partial charge is 0.354 e. The minimum absolute atomic E-state index is 0.0696. The Balaban J connectivity index is 2.38. The van der Waals surface area contributed by atoms with Gasteiger partial charge >= 0.3 is 0 Å². The lowest BCUT2D eigenvalue weighted by molar-refractivity contribution is -0.139. The average molecular weight is 494 g/mol. The molecule has 2 amide bonds. The number of hydrogen-bond acceptors (Lipinski definition) is 4. The van der Waals surface area contributed by atoms with Crippen LogP contribution in [0.15, 0.2) is 48.5 Å². The second-order valence-electron chi connectivity index (χ2n) is 8.54. The molecule has 0 aliphatic rings. The molecule has 1 N–H and O–H groups in total. The fraction of sp³-hybridized carbons (Fsp3) is 0.417. The van der Waals surface area contributed by atoms with E-state index in [-0.39, 0.29) is 18.4 Å². The molecule has 7 nitrogen and oxygen atoms in total. The molecule has 0 radical (unpaired) electrons. The second kappa shape index (κ2) is 11.5. The lowest BCUT2D eigenvalue weighted by Crippen LogP contribution is -2.51. The van der Waals surface area contributed by atoms with Crippen molar-refractivity contribution in [2.24, 2.45) is 5.92 Å². The van der Waals surface area contributed by atoms with Crippen LogP contribution < -0.4 is 9.62 Å². The van der Waals surface area contributed by atoms with Crippen LogP contribution in [0.4, 0.5) is 5.69 Å². The molecule has 0 bridgehead atoms. The van der Waals surface area contributed by atoms with Gasteiger partial charge < -0.3 is 10.2 Å². The summed E-state index contributed by atoms with van der Waals surface area (Å²) in [5.41, 5.74) is 1.92. The highest BCUT2D eigenvalue weighted by Crippen LogP contribution is 2.22. The molecule has 0 aliphatic heterocycles. The first-order valence-corrected chi connectivity index (χ1v) is 13.0. The molecule has 0 spiro atoms. The number of carbonyl (C=O) groups is 2. The van der Waals surface area contributed by atoms with Gasteiger partial charge in [-0.05, 0) is 49.1 Å². The van der Waals surface area contributed by atoms with Gasteiger partial charge in [0.25, 0.3) is 0 Å². The number of aryl methyl sites for hydroxylation is 1. The van der Waals surface area contributed by atoms with Crippen molar-refractivity contribution < 1.29 is 18.0 Å². The third kappa shape index (κ3) is 7.75. The number of nitrogens with zero attached hydrogens (tertiary/aromatic N) is 2. The van der Waals surface area contributed by atoms with Crippen molar-refractivity contribution in [3.05, 3.63) is 64.7 Å². The van der Waals surface area contributed by atoms with E-state index in [0.29, 0.717) is 22.8 Å². The number of benzene rings is 2. The first kappa shape index (κ1) is 26.7. The number of halogens is 1. The van der Waals surface area contributed by atoms with Crippen molar-refractivity contribution >= 4 is 39.1 Å². The van der Waals surface area contributed by atoms with Gasteiger partial charge in [0.2, 0.25) is 21.8 Å². The minimum Gasteiger partial charge on any atom is -0.354 e. The topological polar surface area (TPSA) is 86.8 Å². The molecule has 0 saturated carbocycles. The highest BCUT2D eigenvalue weighted by Gasteiger charge is 2.30. The molecule has 2 aromatic carbocycles. The van der Waals surface area contributed by atoms with Crippen LogP contribution >= 0.6 is 11.6 Å². The van der Waals surface area contributed by atoms with E-state index in [1.807, 2.05) is 26.8 Å². The Bertz CT molecular complexity index is 1090. The Hall–Kier alpha value is -2.58. The number of sulfonamides is 1. The summed E-state index contributed by atoms with van der Waals surface area (Å²) < 4.78 is 26.2. The Kier molecular flexibility index (Phi) is 9.31. The Labute approximate surface area is 201 Å². The van der Waals surface area contributed by atoms with E-state index in [2.05, 4.69) is 5.32 Å². The molecule has 0 fully saturated rings. The fourth-order valence-electron chi connectivity index (χ4n) is 3.24. The fourth-order valence-corrected chi connectivity index (χ4v) is 4.28. The first-order chi connectivity index (χ1) is 15.4. The van der Waals surface area contributed by atoms with Crippen molar-refractivity contribution in [1.82, 2.24) is 10.2 Å². The molecule has 180 valence electrons. The van der Waals surface area contributed by atoms with E-state index in [1.54, 1.807) is 49.4 Å². The summed E-state index contributed by atoms with van der Waals surface area (Å²) >= 11 is 6.31. The number of nitrogens with one attached hydrogen (secondary N) is 1. The van der Waals surface area contributed by atoms with Gasteiger partial charge in [-0.15, -0.1) is 0 Å². The molecule has 2 aromatic rings. The standard InChI is InChI=1S/C24H32ClN3O4S/c1-17(2)14-26-24(30)19(4)27(15-20-10-6-7-12-22(20)25)23(29)16-28(33(5,31)32)21-11-8-9-18(3)13-21/h6-13,17,19H,14-16H2,1-5H3,(H,26,30)/t19-/m1/s1. The molecule has 0 aromatic heterocycles. The van der Waals surface area contributed by atoms with Gasteiger partial charge in [-0.2, -0.15) is 0 Å². The zero-order chi connectivity index (χ0) is 24.8. The van der Waals surface area contributed by atoms with Gasteiger partial charge in [0.05, 0.1) is 11.9 Å². The number of amides is 2. The van der Waals surface area contributed by atoms with Crippen molar-refractivity contribution in [2.45, 2.75) is 40.3 Å². The first-order valence-electron chi connectivity index (χ1n) is 10.7. The zero-order valence-corrected chi connectivity index (χ0v) is 21.3. The highest BCUT2D eigenvalue weighted by atomic mass is 35.5. The van der Waals surface area contributed by atoms with E-state index in [9.17, 15) is 18.0 Å². The van der Waals surface area contributed by atoms with Gasteiger partial charge in [0, 0.05) is 18.1 Å². The van der Waals surface area contributed by atoms with Crippen LogP contribution in [-0.2, 0) is 26.2 Å². The zero-order valence-electron chi connectivity index (χ0n) is 19.7. The molecule has 0 unspecified atom stereocenters. The predicted octanol–water partition coefficient (Wildman–Crippen LogP) is 3.60. The Morgan fingerprint density at radius 3 is 2.30 bits per heavy atom. The van der Waals surface area contributed by atoms with E-state index in [4.69, 9.17) is 11.6 Å². The van der Waals surface area contributed by atoms with Crippen molar-refractivity contribution in [3.63, 3.8) is 0 Å². The molecule has 1 atom stereocenters. The summed E-state index contributed by atoms with van der Waals surface area (Å²) in [6.45, 7) is 7.52. The monoisotopic (exact) mass is 493 g/mol. The maximum atomic E-state index is 13.5. The Morgan fingerprint density at radius 2 is 1.73 bits per heavy atom. The lowest BCUT2D eigenvalue weighted by atomic mass is 10.1. The van der Waals surface area contributed by atoms with Crippen LogP contribution in [0.1, 0.15) is 31.9 Å². The number of carbonyl (C=O) groups excluding carboxylic acids is 2. The van der Waals surface area contributed by atoms with Crippen LogP contribution in [0.5, 0.6) is 0 Å². The van der Waals surface area contributed by atoms with E-state index >= 15 is 0 Å². The summed E-state index contributed by atoms with van der Waals surface area (Å²) in [4.78, 5) is 27.6. The normalized spacial score (nSPS) is 12.3. The molecule has 2 rings (SSSR count). The number of anilines is 1. The quantitative estimate of drug-likeness (QED) is 0.547. The summed E-state index contributed by atoms with van der Waals surface area (Å²) in [7, 11) is -3.75.